The first-order valence-corrected chi connectivity index (χ1v) is 6.85. The summed E-state index contributed by atoms with van der Waals surface area (Å²) in [6.07, 6.45) is 1.48. The molecule has 0 aliphatic carbocycles. The molecule has 0 fully saturated rings. The van der Waals surface area contributed by atoms with E-state index in [2.05, 4.69) is 5.10 Å². The van der Waals surface area contributed by atoms with E-state index in [0.29, 0.717) is 15.7 Å². The van der Waals surface area contributed by atoms with Crippen molar-refractivity contribution in [2.75, 3.05) is 5.73 Å². The topological polar surface area (TPSA) is 43.8 Å². The van der Waals surface area contributed by atoms with Gasteiger partial charge in [-0.05, 0) is 18.2 Å². The summed E-state index contributed by atoms with van der Waals surface area (Å²) in [6.45, 7) is 0. The number of rotatable bonds is 2. The Bertz CT molecular complexity index is 782. The Hall–Kier alpha value is -1.92. The van der Waals surface area contributed by atoms with Gasteiger partial charge in [-0.2, -0.15) is 5.10 Å². The number of nitrogens with zero attached hydrogens (tertiary/aromatic N) is 2. The number of hydrogen-bond donors (Lipinski definition) is 1. The smallest absolute Gasteiger partial charge is 0.151 e. The minimum absolute atomic E-state index is 0.130. The summed E-state index contributed by atoms with van der Waals surface area (Å²) in [6, 6.07) is 5.00. The Kier molecular flexibility index (Phi) is 3.19. The van der Waals surface area contributed by atoms with Crippen LogP contribution in [-0.4, -0.2) is 9.78 Å². The molecule has 0 unspecified atom stereocenters. The Morgan fingerprint density at radius 2 is 2.05 bits per heavy atom. The first kappa shape index (κ1) is 13.1. The van der Waals surface area contributed by atoms with Crippen molar-refractivity contribution in [1.82, 2.24) is 9.78 Å². The molecule has 20 heavy (non-hydrogen) atoms. The molecule has 1 aromatic carbocycles. The first-order valence-electron chi connectivity index (χ1n) is 5.59. The number of thiophene rings is 1. The number of aromatic nitrogens is 2. The average Bonchev–Trinajstić information content (AvgIpc) is 2.95. The van der Waals surface area contributed by atoms with Crippen LogP contribution < -0.4 is 5.73 Å². The van der Waals surface area contributed by atoms with Crippen molar-refractivity contribution >= 4 is 28.6 Å². The fraction of sp³-hybridized carbons (Fsp3) is 0. The monoisotopic (exact) mass is 311 g/mol. The zero-order valence-electron chi connectivity index (χ0n) is 9.98. The molecular formula is C13H8ClF2N3S. The lowest BCUT2D eigenvalue weighted by Crippen LogP contribution is -1.99. The third kappa shape index (κ3) is 2.28. The molecule has 0 aliphatic heterocycles. The minimum Gasteiger partial charge on any atom is -0.396 e. The fourth-order valence-corrected chi connectivity index (χ4v) is 2.70. The SMILES string of the molecule is Nc1cn(-c2ccc(F)cc2F)nc1-c1csc(Cl)c1. The van der Waals surface area contributed by atoms with Crippen molar-refractivity contribution in [2.24, 2.45) is 0 Å². The van der Waals surface area contributed by atoms with Gasteiger partial charge in [0, 0.05) is 17.0 Å². The molecule has 0 aliphatic rings. The number of nitrogens with two attached hydrogens (primary N) is 1. The van der Waals surface area contributed by atoms with Crippen molar-refractivity contribution in [1.29, 1.82) is 0 Å². The van der Waals surface area contributed by atoms with E-state index in [9.17, 15) is 8.78 Å². The van der Waals surface area contributed by atoms with E-state index in [1.807, 2.05) is 5.38 Å². The van der Waals surface area contributed by atoms with Crippen LogP contribution in [0, 0.1) is 11.6 Å². The van der Waals surface area contributed by atoms with Crippen molar-refractivity contribution in [3.8, 4) is 16.9 Å². The first-order chi connectivity index (χ1) is 9.54. The van der Waals surface area contributed by atoms with E-state index in [4.69, 9.17) is 17.3 Å². The maximum atomic E-state index is 13.7. The lowest BCUT2D eigenvalue weighted by molar-refractivity contribution is 0.574. The highest BCUT2D eigenvalue weighted by atomic mass is 35.5. The molecule has 102 valence electrons. The van der Waals surface area contributed by atoms with E-state index in [0.717, 1.165) is 17.7 Å². The highest BCUT2D eigenvalue weighted by Gasteiger charge is 2.13. The van der Waals surface area contributed by atoms with Crippen molar-refractivity contribution in [3.05, 3.63) is 51.8 Å². The quantitative estimate of drug-likeness (QED) is 0.774. The van der Waals surface area contributed by atoms with Gasteiger partial charge in [0.05, 0.1) is 16.2 Å². The van der Waals surface area contributed by atoms with Crippen LogP contribution >= 0.6 is 22.9 Å². The summed E-state index contributed by atoms with van der Waals surface area (Å²) in [5.41, 5.74) is 7.68. The van der Waals surface area contributed by atoms with Crippen LogP contribution in [0.1, 0.15) is 0 Å². The summed E-state index contributed by atoms with van der Waals surface area (Å²) in [5.74, 6) is -1.35. The second kappa shape index (κ2) is 4.88. The summed E-state index contributed by atoms with van der Waals surface area (Å²) in [7, 11) is 0. The predicted octanol–water partition coefficient (Wildman–Crippen LogP) is 4.11. The second-order valence-electron chi connectivity index (χ2n) is 4.11. The minimum atomic E-state index is -0.706. The molecule has 3 aromatic rings. The number of benzene rings is 1. The molecule has 0 amide bonds. The molecule has 3 nitrogen and oxygen atoms in total. The molecule has 7 heteroatoms. The van der Waals surface area contributed by atoms with Gasteiger partial charge in [0.15, 0.2) is 5.82 Å². The predicted molar refractivity (Wildman–Crippen MR) is 76.2 cm³/mol. The summed E-state index contributed by atoms with van der Waals surface area (Å²) >= 11 is 7.23. The van der Waals surface area contributed by atoms with Gasteiger partial charge < -0.3 is 5.73 Å². The zero-order chi connectivity index (χ0) is 14.3. The summed E-state index contributed by atoms with van der Waals surface area (Å²) < 4.78 is 28.5. The molecule has 0 atom stereocenters. The van der Waals surface area contributed by atoms with Crippen LogP contribution in [0.3, 0.4) is 0 Å². The Morgan fingerprint density at radius 3 is 2.70 bits per heavy atom. The van der Waals surface area contributed by atoms with Gasteiger partial charge in [-0.3, -0.25) is 0 Å². The maximum Gasteiger partial charge on any atom is 0.151 e. The summed E-state index contributed by atoms with van der Waals surface area (Å²) in [5, 5.41) is 6.04. The van der Waals surface area contributed by atoms with Crippen LogP contribution in [0.15, 0.2) is 35.8 Å². The van der Waals surface area contributed by atoms with Gasteiger partial charge in [0.25, 0.3) is 0 Å². The lowest BCUT2D eigenvalue weighted by Gasteiger charge is -2.02. The van der Waals surface area contributed by atoms with Gasteiger partial charge in [0.2, 0.25) is 0 Å². The molecule has 2 N–H and O–H groups in total. The molecule has 0 saturated carbocycles. The van der Waals surface area contributed by atoms with Crippen LogP contribution in [0.25, 0.3) is 16.9 Å². The third-order valence-electron chi connectivity index (χ3n) is 2.74. The van der Waals surface area contributed by atoms with E-state index < -0.39 is 11.6 Å². The van der Waals surface area contributed by atoms with Gasteiger partial charge in [-0.25, -0.2) is 13.5 Å². The van der Waals surface area contributed by atoms with E-state index in [1.54, 1.807) is 6.07 Å². The van der Waals surface area contributed by atoms with Crippen LogP contribution in [-0.2, 0) is 0 Å². The molecule has 0 saturated heterocycles. The molecular weight excluding hydrogens is 304 g/mol. The van der Waals surface area contributed by atoms with Crippen molar-refractivity contribution in [3.63, 3.8) is 0 Å². The normalized spacial score (nSPS) is 10.9. The lowest BCUT2D eigenvalue weighted by atomic mass is 10.2. The van der Waals surface area contributed by atoms with Crippen molar-refractivity contribution < 1.29 is 8.78 Å². The van der Waals surface area contributed by atoms with Crippen LogP contribution in [0.2, 0.25) is 4.34 Å². The van der Waals surface area contributed by atoms with E-state index >= 15 is 0 Å². The molecule has 0 spiro atoms. The standard InChI is InChI=1S/C13H8ClF2N3S/c14-12-3-7(6-20-12)13-10(17)5-19(18-13)11-2-1-8(15)4-9(11)16/h1-6H,17H2. The highest BCUT2D eigenvalue weighted by Crippen LogP contribution is 2.31. The Balaban J connectivity index is 2.08. The Labute approximate surface area is 122 Å². The second-order valence-corrected chi connectivity index (χ2v) is 5.66. The maximum absolute atomic E-state index is 13.7. The molecule has 2 heterocycles. The van der Waals surface area contributed by atoms with E-state index in [-0.39, 0.29) is 5.69 Å². The zero-order valence-corrected chi connectivity index (χ0v) is 11.6. The third-order valence-corrected chi connectivity index (χ3v) is 3.83. The number of hydrogen-bond acceptors (Lipinski definition) is 3. The molecule has 2 aromatic heterocycles. The largest absolute Gasteiger partial charge is 0.396 e. The highest BCUT2D eigenvalue weighted by molar-refractivity contribution is 7.14. The molecule has 3 rings (SSSR count). The Morgan fingerprint density at radius 1 is 1.25 bits per heavy atom. The number of anilines is 1. The van der Waals surface area contributed by atoms with Crippen LogP contribution in [0.4, 0.5) is 14.5 Å². The van der Waals surface area contributed by atoms with Crippen molar-refractivity contribution in [2.45, 2.75) is 0 Å². The van der Waals surface area contributed by atoms with Gasteiger partial charge in [-0.15, -0.1) is 11.3 Å². The van der Waals surface area contributed by atoms with E-state index in [1.165, 1.54) is 28.3 Å². The number of halogens is 3. The average molecular weight is 312 g/mol. The van der Waals surface area contributed by atoms with Crippen LogP contribution in [0.5, 0.6) is 0 Å². The number of nitrogen functional groups attached to an aromatic ring is 1. The molecule has 0 radical (unpaired) electrons. The molecule has 0 bridgehead atoms. The van der Waals surface area contributed by atoms with Gasteiger partial charge in [0.1, 0.15) is 17.2 Å². The summed E-state index contributed by atoms with van der Waals surface area (Å²) in [4.78, 5) is 0. The van der Waals surface area contributed by atoms with Gasteiger partial charge in [-0.1, -0.05) is 11.6 Å². The fourth-order valence-electron chi connectivity index (χ4n) is 1.84. The van der Waals surface area contributed by atoms with Gasteiger partial charge >= 0.3 is 0 Å².